The first-order valence-corrected chi connectivity index (χ1v) is 7.81. The molecule has 0 spiro atoms. The molecule has 21 heavy (non-hydrogen) atoms. The molecule has 1 fully saturated rings. The van der Waals surface area contributed by atoms with Gasteiger partial charge in [0.2, 0.25) is 0 Å². The first-order valence-electron chi connectivity index (χ1n) is 7.44. The van der Waals surface area contributed by atoms with Crippen LogP contribution < -0.4 is 10.5 Å². The third-order valence-corrected chi connectivity index (χ3v) is 4.22. The topological polar surface area (TPSA) is 55.6 Å². The summed E-state index contributed by atoms with van der Waals surface area (Å²) in [5.41, 5.74) is 5.81. The van der Waals surface area contributed by atoms with Crippen molar-refractivity contribution in [1.82, 2.24) is 4.90 Å². The summed E-state index contributed by atoms with van der Waals surface area (Å²) in [6.07, 6.45) is 1.45. The number of ether oxygens (including phenoxy) is 1. The third kappa shape index (κ3) is 4.11. The van der Waals surface area contributed by atoms with Crippen molar-refractivity contribution in [3.8, 4) is 5.75 Å². The zero-order chi connectivity index (χ0) is 15.4. The Morgan fingerprint density at radius 2 is 2.33 bits per heavy atom. The average Bonchev–Trinajstić information content (AvgIpc) is 2.46. The lowest BCUT2D eigenvalue weighted by Crippen LogP contribution is -2.52. The van der Waals surface area contributed by atoms with Crippen LogP contribution in [-0.2, 0) is 4.79 Å². The zero-order valence-corrected chi connectivity index (χ0v) is 13.3. The molecule has 3 atom stereocenters. The Kier molecular flexibility index (Phi) is 5.48. The predicted octanol–water partition coefficient (Wildman–Crippen LogP) is 2.69. The van der Waals surface area contributed by atoms with Gasteiger partial charge < -0.3 is 15.4 Å². The van der Waals surface area contributed by atoms with Crippen LogP contribution in [0.4, 0.5) is 0 Å². The highest BCUT2D eigenvalue weighted by molar-refractivity contribution is 6.30. The second-order valence-electron chi connectivity index (χ2n) is 5.77. The van der Waals surface area contributed by atoms with E-state index in [0.717, 1.165) is 19.4 Å². The Hall–Kier alpha value is -1.26. The van der Waals surface area contributed by atoms with Crippen molar-refractivity contribution in [2.75, 3.05) is 13.1 Å². The number of likely N-dealkylation sites (tertiary alicyclic amines) is 1. The molecule has 0 aromatic heterocycles. The molecule has 1 aromatic rings. The Balaban J connectivity index is 2.01. The monoisotopic (exact) mass is 310 g/mol. The Bertz CT molecular complexity index is 495. The highest BCUT2D eigenvalue weighted by Gasteiger charge is 2.32. The summed E-state index contributed by atoms with van der Waals surface area (Å²) in [7, 11) is 0. The number of halogens is 1. The number of carbonyl (C=O) groups is 1. The largest absolute Gasteiger partial charge is 0.481 e. The van der Waals surface area contributed by atoms with E-state index in [1.165, 1.54) is 0 Å². The van der Waals surface area contributed by atoms with Gasteiger partial charge in [0.15, 0.2) is 6.10 Å². The van der Waals surface area contributed by atoms with Crippen LogP contribution in [0.5, 0.6) is 5.75 Å². The van der Waals surface area contributed by atoms with Gasteiger partial charge in [0.25, 0.3) is 5.91 Å². The number of carbonyl (C=O) groups excluding carboxylic acids is 1. The molecule has 4 nitrogen and oxygen atoms in total. The number of piperidine rings is 1. The Morgan fingerprint density at radius 3 is 3.00 bits per heavy atom. The number of amides is 1. The lowest BCUT2D eigenvalue weighted by molar-refractivity contribution is -0.142. The molecule has 0 radical (unpaired) electrons. The Morgan fingerprint density at radius 1 is 1.57 bits per heavy atom. The van der Waals surface area contributed by atoms with Crippen LogP contribution in [0, 0.1) is 5.92 Å². The number of hydrogen-bond acceptors (Lipinski definition) is 3. The first kappa shape index (κ1) is 16.1. The van der Waals surface area contributed by atoms with Crippen LogP contribution in [0.25, 0.3) is 0 Å². The molecule has 1 aliphatic heterocycles. The van der Waals surface area contributed by atoms with Crippen molar-refractivity contribution in [3.05, 3.63) is 29.3 Å². The normalized spacial score (nSPS) is 23.7. The summed E-state index contributed by atoms with van der Waals surface area (Å²) in [5.74, 6) is 1.22. The Labute approximate surface area is 131 Å². The van der Waals surface area contributed by atoms with Gasteiger partial charge in [-0.2, -0.15) is 0 Å². The SMILES string of the molecule is CC1CCN(C(=O)C(C)Oc2cccc(Cl)c2)C(CN)C1. The van der Waals surface area contributed by atoms with Crippen molar-refractivity contribution in [2.45, 2.75) is 38.8 Å². The molecule has 1 amide bonds. The summed E-state index contributed by atoms with van der Waals surface area (Å²) in [5, 5.41) is 0.596. The van der Waals surface area contributed by atoms with Crippen molar-refractivity contribution >= 4 is 17.5 Å². The highest BCUT2D eigenvalue weighted by Crippen LogP contribution is 2.24. The van der Waals surface area contributed by atoms with E-state index >= 15 is 0 Å². The predicted molar refractivity (Wildman–Crippen MR) is 84.5 cm³/mol. The minimum absolute atomic E-state index is 0.00248. The van der Waals surface area contributed by atoms with E-state index in [-0.39, 0.29) is 11.9 Å². The second kappa shape index (κ2) is 7.14. The standard InChI is InChI=1S/C16H23ClN2O2/c1-11-6-7-19(14(8-11)10-18)16(20)12(2)21-15-5-3-4-13(17)9-15/h3-5,9,11-12,14H,6-8,10,18H2,1-2H3. The fourth-order valence-corrected chi connectivity index (χ4v) is 2.97. The molecular formula is C16H23ClN2O2. The molecule has 1 saturated heterocycles. The maximum Gasteiger partial charge on any atom is 0.263 e. The number of nitrogens with zero attached hydrogens (tertiary/aromatic N) is 1. The van der Waals surface area contributed by atoms with E-state index in [4.69, 9.17) is 22.1 Å². The van der Waals surface area contributed by atoms with Gasteiger partial charge in [0.1, 0.15) is 5.75 Å². The average molecular weight is 311 g/mol. The fraction of sp³-hybridized carbons (Fsp3) is 0.562. The van der Waals surface area contributed by atoms with E-state index in [1.807, 2.05) is 4.90 Å². The van der Waals surface area contributed by atoms with Crippen LogP contribution >= 0.6 is 11.6 Å². The molecule has 1 aliphatic rings. The summed E-state index contributed by atoms with van der Waals surface area (Å²) in [4.78, 5) is 14.4. The van der Waals surface area contributed by atoms with Crippen LogP contribution in [0.2, 0.25) is 5.02 Å². The zero-order valence-electron chi connectivity index (χ0n) is 12.6. The van der Waals surface area contributed by atoms with Gasteiger partial charge in [-0.1, -0.05) is 24.6 Å². The third-order valence-electron chi connectivity index (χ3n) is 3.99. The molecule has 3 unspecified atom stereocenters. The molecular weight excluding hydrogens is 288 g/mol. The van der Waals surface area contributed by atoms with Gasteiger partial charge >= 0.3 is 0 Å². The number of rotatable bonds is 4. The van der Waals surface area contributed by atoms with Gasteiger partial charge in [-0.3, -0.25) is 4.79 Å². The van der Waals surface area contributed by atoms with E-state index in [0.29, 0.717) is 23.2 Å². The van der Waals surface area contributed by atoms with Crippen molar-refractivity contribution < 1.29 is 9.53 Å². The van der Waals surface area contributed by atoms with E-state index in [1.54, 1.807) is 31.2 Å². The fourth-order valence-electron chi connectivity index (χ4n) is 2.79. The minimum Gasteiger partial charge on any atom is -0.481 e. The van der Waals surface area contributed by atoms with Gasteiger partial charge in [-0.15, -0.1) is 0 Å². The molecule has 1 heterocycles. The maximum absolute atomic E-state index is 12.6. The van der Waals surface area contributed by atoms with Crippen molar-refractivity contribution in [3.63, 3.8) is 0 Å². The van der Waals surface area contributed by atoms with Gasteiger partial charge in [0.05, 0.1) is 0 Å². The van der Waals surface area contributed by atoms with E-state index in [2.05, 4.69) is 6.92 Å². The van der Waals surface area contributed by atoms with Crippen LogP contribution in [0.3, 0.4) is 0 Å². The van der Waals surface area contributed by atoms with E-state index < -0.39 is 6.10 Å². The van der Waals surface area contributed by atoms with Crippen LogP contribution in [-0.4, -0.2) is 36.0 Å². The van der Waals surface area contributed by atoms with Crippen molar-refractivity contribution in [1.29, 1.82) is 0 Å². The van der Waals surface area contributed by atoms with Crippen molar-refractivity contribution in [2.24, 2.45) is 11.7 Å². The first-order chi connectivity index (χ1) is 10.0. The van der Waals surface area contributed by atoms with Crippen LogP contribution in [0.15, 0.2) is 24.3 Å². The van der Waals surface area contributed by atoms with Crippen LogP contribution in [0.1, 0.15) is 26.7 Å². The number of nitrogens with two attached hydrogens (primary N) is 1. The molecule has 116 valence electrons. The van der Waals surface area contributed by atoms with E-state index in [9.17, 15) is 4.79 Å². The maximum atomic E-state index is 12.6. The number of benzene rings is 1. The number of hydrogen-bond donors (Lipinski definition) is 1. The molecule has 5 heteroatoms. The molecule has 1 aromatic carbocycles. The second-order valence-corrected chi connectivity index (χ2v) is 6.20. The summed E-state index contributed by atoms with van der Waals surface area (Å²) >= 11 is 5.93. The molecule has 0 aliphatic carbocycles. The molecule has 2 rings (SSSR count). The minimum atomic E-state index is -0.536. The lowest BCUT2D eigenvalue weighted by atomic mass is 9.92. The van der Waals surface area contributed by atoms with Gasteiger partial charge in [-0.05, 0) is 43.9 Å². The summed E-state index contributed by atoms with van der Waals surface area (Å²) in [6, 6.07) is 7.21. The van der Waals surface area contributed by atoms with Gasteiger partial charge in [0, 0.05) is 24.2 Å². The molecule has 0 saturated carbocycles. The highest BCUT2D eigenvalue weighted by atomic mass is 35.5. The smallest absolute Gasteiger partial charge is 0.263 e. The summed E-state index contributed by atoms with van der Waals surface area (Å²) < 4.78 is 5.71. The molecule has 0 bridgehead atoms. The van der Waals surface area contributed by atoms with Gasteiger partial charge in [-0.25, -0.2) is 0 Å². The lowest BCUT2D eigenvalue weighted by Gasteiger charge is -2.39. The summed E-state index contributed by atoms with van der Waals surface area (Å²) in [6.45, 7) is 5.23. The molecule has 2 N–H and O–H groups in total. The quantitative estimate of drug-likeness (QED) is 0.930.